The number of amides is 1. The number of hydrogen-bond donors (Lipinski definition) is 2. The summed E-state index contributed by atoms with van der Waals surface area (Å²) in [6.07, 6.45) is 5.70. The quantitative estimate of drug-likeness (QED) is 0.737. The van der Waals surface area contributed by atoms with Crippen LogP contribution in [0.4, 0.5) is 0 Å². The molecule has 27 heavy (non-hydrogen) atoms. The van der Waals surface area contributed by atoms with Crippen molar-refractivity contribution in [1.29, 1.82) is 0 Å². The molecule has 1 aromatic carbocycles. The Bertz CT molecular complexity index is 843. The lowest BCUT2D eigenvalue weighted by atomic mass is 10.0. The Morgan fingerprint density at radius 1 is 1.30 bits per heavy atom. The van der Waals surface area contributed by atoms with E-state index in [0.717, 1.165) is 29.4 Å². The summed E-state index contributed by atoms with van der Waals surface area (Å²) in [5.74, 6) is 0.0189. The van der Waals surface area contributed by atoms with E-state index in [1.54, 1.807) is 0 Å². The number of likely N-dealkylation sites (tertiary alicyclic amines) is 1. The van der Waals surface area contributed by atoms with E-state index in [0.29, 0.717) is 31.0 Å². The van der Waals surface area contributed by atoms with Crippen molar-refractivity contribution in [1.82, 2.24) is 15.2 Å². The first-order valence-corrected chi connectivity index (χ1v) is 10.2. The molecule has 0 radical (unpaired) electrons. The molecule has 1 fully saturated rings. The minimum absolute atomic E-state index is 0.0189. The van der Waals surface area contributed by atoms with Gasteiger partial charge in [-0.25, -0.2) is 0 Å². The molecule has 3 rings (SSSR count). The topological polar surface area (TPSA) is 65.2 Å². The van der Waals surface area contributed by atoms with Crippen LogP contribution in [0.5, 0.6) is 0 Å². The maximum atomic E-state index is 12.2. The fraction of sp³-hybridized carbons (Fsp3) is 0.545. The van der Waals surface area contributed by atoms with Crippen LogP contribution in [0, 0.1) is 6.92 Å². The van der Waals surface area contributed by atoms with Gasteiger partial charge < -0.3 is 15.2 Å². The lowest BCUT2D eigenvalue weighted by Gasteiger charge is -2.33. The van der Waals surface area contributed by atoms with E-state index in [1.165, 1.54) is 25.8 Å². The molecule has 1 aliphatic heterocycles. The van der Waals surface area contributed by atoms with E-state index in [1.807, 2.05) is 25.1 Å². The molecule has 0 aliphatic carbocycles. The standard InChI is InChI=1S/C22H31N3O2/c1-16-7-9-20-19(14-16)15-18(22(27)24-20)8-10-21(26)23-11-5-13-25-12-4-3-6-17(25)2/h7,9,14-15,17H,3-6,8,10-13H2,1-2H3,(H,23,26)(H,24,27)/t17-/m0/s1. The van der Waals surface area contributed by atoms with Crippen molar-refractivity contribution in [2.75, 3.05) is 19.6 Å². The number of aromatic nitrogens is 1. The van der Waals surface area contributed by atoms with Gasteiger partial charge in [0.2, 0.25) is 5.91 Å². The van der Waals surface area contributed by atoms with Gasteiger partial charge in [0.25, 0.3) is 5.56 Å². The highest BCUT2D eigenvalue weighted by Crippen LogP contribution is 2.16. The van der Waals surface area contributed by atoms with Crippen molar-refractivity contribution in [3.63, 3.8) is 0 Å². The Hall–Kier alpha value is -2.14. The summed E-state index contributed by atoms with van der Waals surface area (Å²) in [5, 5.41) is 4.01. The second-order valence-corrected chi connectivity index (χ2v) is 7.80. The number of rotatable bonds is 7. The molecule has 1 amide bonds. The zero-order valence-corrected chi connectivity index (χ0v) is 16.5. The average Bonchev–Trinajstić information content (AvgIpc) is 2.65. The summed E-state index contributed by atoms with van der Waals surface area (Å²) in [7, 11) is 0. The van der Waals surface area contributed by atoms with Gasteiger partial charge in [-0.2, -0.15) is 0 Å². The van der Waals surface area contributed by atoms with E-state index in [9.17, 15) is 9.59 Å². The highest BCUT2D eigenvalue weighted by molar-refractivity contribution is 5.80. The van der Waals surface area contributed by atoms with Gasteiger partial charge in [-0.3, -0.25) is 9.59 Å². The number of fused-ring (bicyclic) bond motifs is 1. The largest absolute Gasteiger partial charge is 0.356 e. The Labute approximate surface area is 161 Å². The Morgan fingerprint density at radius 2 is 2.15 bits per heavy atom. The van der Waals surface area contributed by atoms with Gasteiger partial charge >= 0.3 is 0 Å². The molecule has 0 saturated carbocycles. The maximum absolute atomic E-state index is 12.2. The van der Waals surface area contributed by atoms with Crippen molar-refractivity contribution < 1.29 is 4.79 Å². The number of benzene rings is 1. The first-order valence-electron chi connectivity index (χ1n) is 10.2. The Balaban J connectivity index is 1.44. The third-order valence-corrected chi connectivity index (χ3v) is 5.58. The van der Waals surface area contributed by atoms with Gasteiger partial charge in [0.15, 0.2) is 0 Å². The van der Waals surface area contributed by atoms with Crippen LogP contribution < -0.4 is 10.9 Å². The molecule has 0 bridgehead atoms. The van der Waals surface area contributed by atoms with Gasteiger partial charge in [-0.1, -0.05) is 18.1 Å². The van der Waals surface area contributed by atoms with Crippen molar-refractivity contribution >= 4 is 16.8 Å². The molecule has 1 aliphatic rings. The molecule has 2 heterocycles. The lowest BCUT2D eigenvalue weighted by molar-refractivity contribution is -0.121. The second kappa shape index (κ2) is 9.18. The van der Waals surface area contributed by atoms with Crippen molar-refractivity contribution in [3.05, 3.63) is 45.7 Å². The molecule has 2 N–H and O–H groups in total. The van der Waals surface area contributed by atoms with Crippen LogP contribution in [-0.4, -0.2) is 41.5 Å². The van der Waals surface area contributed by atoms with Gasteiger partial charge in [0.1, 0.15) is 0 Å². The van der Waals surface area contributed by atoms with Gasteiger partial charge in [-0.15, -0.1) is 0 Å². The molecular weight excluding hydrogens is 338 g/mol. The number of nitrogens with one attached hydrogen (secondary N) is 2. The van der Waals surface area contributed by atoms with Crippen LogP contribution >= 0.6 is 0 Å². The van der Waals surface area contributed by atoms with Crippen LogP contribution in [0.3, 0.4) is 0 Å². The lowest BCUT2D eigenvalue weighted by Crippen LogP contribution is -2.39. The fourth-order valence-electron chi connectivity index (χ4n) is 3.89. The normalized spacial score (nSPS) is 17.9. The summed E-state index contributed by atoms with van der Waals surface area (Å²) in [6.45, 7) is 7.25. The number of hydrogen-bond acceptors (Lipinski definition) is 3. The number of pyridine rings is 1. The molecule has 5 heteroatoms. The van der Waals surface area contributed by atoms with Crippen LogP contribution in [0.25, 0.3) is 10.9 Å². The van der Waals surface area contributed by atoms with E-state index >= 15 is 0 Å². The summed E-state index contributed by atoms with van der Waals surface area (Å²) in [6, 6.07) is 8.53. The van der Waals surface area contributed by atoms with Crippen molar-refractivity contribution in [2.24, 2.45) is 0 Å². The Morgan fingerprint density at radius 3 is 2.96 bits per heavy atom. The number of aryl methyl sites for hydroxylation is 2. The zero-order valence-electron chi connectivity index (χ0n) is 16.5. The number of piperidine rings is 1. The Kier molecular flexibility index (Phi) is 6.67. The molecule has 1 aromatic heterocycles. The van der Waals surface area contributed by atoms with E-state index in [2.05, 4.69) is 28.2 Å². The predicted molar refractivity (Wildman–Crippen MR) is 110 cm³/mol. The molecule has 1 atom stereocenters. The van der Waals surface area contributed by atoms with E-state index in [-0.39, 0.29) is 11.5 Å². The maximum Gasteiger partial charge on any atom is 0.251 e. The minimum atomic E-state index is -0.0989. The van der Waals surface area contributed by atoms with E-state index < -0.39 is 0 Å². The zero-order chi connectivity index (χ0) is 19.2. The summed E-state index contributed by atoms with van der Waals surface area (Å²) >= 11 is 0. The third-order valence-electron chi connectivity index (χ3n) is 5.58. The molecule has 146 valence electrons. The number of H-pyrrole nitrogens is 1. The van der Waals surface area contributed by atoms with Crippen LogP contribution in [0.1, 0.15) is 50.2 Å². The highest BCUT2D eigenvalue weighted by atomic mass is 16.1. The average molecular weight is 370 g/mol. The van der Waals surface area contributed by atoms with Crippen LogP contribution in [0.2, 0.25) is 0 Å². The fourth-order valence-corrected chi connectivity index (χ4v) is 3.89. The third kappa shape index (κ3) is 5.42. The summed E-state index contributed by atoms with van der Waals surface area (Å²) < 4.78 is 0. The summed E-state index contributed by atoms with van der Waals surface area (Å²) in [5.41, 5.74) is 2.57. The molecule has 0 spiro atoms. The number of aromatic amines is 1. The number of nitrogens with zero attached hydrogens (tertiary/aromatic N) is 1. The van der Waals surface area contributed by atoms with Crippen molar-refractivity contribution in [2.45, 2.75) is 58.4 Å². The smallest absolute Gasteiger partial charge is 0.251 e. The number of carbonyl (C=O) groups is 1. The molecule has 2 aromatic rings. The minimum Gasteiger partial charge on any atom is -0.356 e. The first-order chi connectivity index (χ1) is 13.0. The monoisotopic (exact) mass is 369 g/mol. The molecular formula is C22H31N3O2. The van der Waals surface area contributed by atoms with Gasteiger partial charge in [-0.05, 0) is 69.7 Å². The predicted octanol–water partition coefficient (Wildman–Crippen LogP) is 3.15. The van der Waals surface area contributed by atoms with Gasteiger partial charge in [0, 0.05) is 36.6 Å². The van der Waals surface area contributed by atoms with E-state index in [4.69, 9.17) is 0 Å². The van der Waals surface area contributed by atoms with Crippen LogP contribution in [0.15, 0.2) is 29.1 Å². The molecule has 1 saturated heterocycles. The van der Waals surface area contributed by atoms with Crippen molar-refractivity contribution in [3.8, 4) is 0 Å². The highest BCUT2D eigenvalue weighted by Gasteiger charge is 2.17. The SMILES string of the molecule is Cc1ccc2[nH]c(=O)c(CCC(=O)NCCCN3CCCC[C@@H]3C)cc2c1. The second-order valence-electron chi connectivity index (χ2n) is 7.80. The van der Waals surface area contributed by atoms with Crippen LogP contribution in [-0.2, 0) is 11.2 Å². The summed E-state index contributed by atoms with van der Waals surface area (Å²) in [4.78, 5) is 29.8. The molecule has 0 unspecified atom stereocenters. The number of carbonyl (C=O) groups excluding carboxylic acids is 1. The molecule has 5 nitrogen and oxygen atoms in total. The first kappa shape index (κ1) is 19.6. The van der Waals surface area contributed by atoms with Gasteiger partial charge in [0.05, 0.1) is 0 Å².